The number of hydrogen-bond donors (Lipinski definition) is 1. The first-order valence-electron chi connectivity index (χ1n) is 7.81. The van der Waals surface area contributed by atoms with E-state index in [-0.39, 0.29) is 5.78 Å². The van der Waals surface area contributed by atoms with Crippen LogP contribution in [-0.2, 0) is 6.54 Å². The van der Waals surface area contributed by atoms with Crippen LogP contribution in [0.15, 0.2) is 18.2 Å². The number of Topliss-reactive ketones (excluding diaryl/α,β-unsaturated/α-hetero) is 1. The molecule has 4 nitrogen and oxygen atoms in total. The molecule has 0 amide bonds. The highest BCUT2D eigenvalue weighted by Crippen LogP contribution is 2.30. The van der Waals surface area contributed by atoms with Gasteiger partial charge in [-0.3, -0.25) is 9.69 Å². The molecule has 1 aromatic rings. The number of nitrogens with zero attached hydrogens (tertiary/aromatic N) is 1. The predicted molar refractivity (Wildman–Crippen MR) is 82.8 cm³/mol. The highest BCUT2D eigenvalue weighted by atomic mass is 16.5. The number of ether oxygens (including phenoxy) is 1. The molecule has 0 aliphatic carbocycles. The van der Waals surface area contributed by atoms with Gasteiger partial charge >= 0.3 is 0 Å². The van der Waals surface area contributed by atoms with E-state index >= 15 is 0 Å². The average molecular weight is 288 g/mol. The van der Waals surface area contributed by atoms with Crippen molar-refractivity contribution in [1.29, 1.82) is 0 Å². The van der Waals surface area contributed by atoms with Gasteiger partial charge in [0.1, 0.15) is 5.75 Å². The molecule has 2 aliphatic rings. The van der Waals surface area contributed by atoms with Gasteiger partial charge in [-0.2, -0.15) is 0 Å². The third-order valence-electron chi connectivity index (χ3n) is 4.85. The van der Waals surface area contributed by atoms with Gasteiger partial charge in [-0.15, -0.1) is 0 Å². The molecule has 2 unspecified atom stereocenters. The van der Waals surface area contributed by atoms with Crippen LogP contribution in [0, 0.1) is 5.92 Å². The third kappa shape index (κ3) is 2.97. The Morgan fingerprint density at radius 1 is 1.43 bits per heavy atom. The van der Waals surface area contributed by atoms with Gasteiger partial charge in [-0.25, -0.2) is 0 Å². The number of carbonyl (C=O) groups excluding carboxylic acids is 1. The van der Waals surface area contributed by atoms with Gasteiger partial charge < -0.3 is 10.1 Å². The summed E-state index contributed by atoms with van der Waals surface area (Å²) < 4.78 is 5.48. The Kier molecular flexibility index (Phi) is 4.27. The van der Waals surface area contributed by atoms with Gasteiger partial charge in [0.2, 0.25) is 0 Å². The van der Waals surface area contributed by atoms with E-state index in [0.29, 0.717) is 6.04 Å². The van der Waals surface area contributed by atoms with Gasteiger partial charge in [0.05, 0.1) is 7.11 Å². The van der Waals surface area contributed by atoms with Gasteiger partial charge in [0, 0.05) is 30.3 Å². The largest absolute Gasteiger partial charge is 0.496 e. The second-order valence-electron chi connectivity index (χ2n) is 6.18. The van der Waals surface area contributed by atoms with Gasteiger partial charge in [-0.05, 0) is 57.0 Å². The minimum absolute atomic E-state index is 0.109. The molecule has 21 heavy (non-hydrogen) atoms. The van der Waals surface area contributed by atoms with Crippen LogP contribution < -0.4 is 10.1 Å². The molecule has 2 aliphatic heterocycles. The second-order valence-corrected chi connectivity index (χ2v) is 6.18. The molecule has 2 atom stereocenters. The summed E-state index contributed by atoms with van der Waals surface area (Å²) in [6.45, 7) is 5.85. The van der Waals surface area contributed by atoms with E-state index in [4.69, 9.17) is 4.74 Å². The minimum Gasteiger partial charge on any atom is -0.496 e. The monoisotopic (exact) mass is 288 g/mol. The zero-order valence-corrected chi connectivity index (χ0v) is 12.9. The van der Waals surface area contributed by atoms with E-state index < -0.39 is 0 Å². The number of piperidine rings is 1. The quantitative estimate of drug-likeness (QED) is 0.861. The summed E-state index contributed by atoms with van der Waals surface area (Å²) >= 11 is 0. The topological polar surface area (TPSA) is 41.6 Å². The predicted octanol–water partition coefficient (Wildman–Crippen LogP) is 2.08. The van der Waals surface area contributed by atoms with Crippen LogP contribution >= 0.6 is 0 Å². The molecule has 1 N–H and O–H groups in total. The maximum Gasteiger partial charge on any atom is 0.159 e. The molecule has 0 bridgehead atoms. The average Bonchev–Trinajstić information content (AvgIpc) is 2.96. The molecule has 2 heterocycles. The molecule has 2 fully saturated rings. The standard InChI is InChI=1S/C17H24N2O2/c1-12(20)13-5-6-17(21-2)15(8-13)11-19-7-3-4-14-9-18-10-16(14)19/h5-6,8,14,16,18H,3-4,7,9-11H2,1-2H3. The Hall–Kier alpha value is -1.39. The van der Waals surface area contributed by atoms with Crippen molar-refractivity contribution >= 4 is 5.78 Å². The molecule has 0 saturated carbocycles. The van der Waals surface area contributed by atoms with E-state index in [0.717, 1.165) is 49.0 Å². The number of fused-ring (bicyclic) bond motifs is 1. The van der Waals surface area contributed by atoms with Crippen LogP contribution in [0.1, 0.15) is 35.7 Å². The number of hydrogen-bond acceptors (Lipinski definition) is 4. The summed E-state index contributed by atoms with van der Waals surface area (Å²) in [6, 6.07) is 6.39. The van der Waals surface area contributed by atoms with Crippen LogP contribution in [0.4, 0.5) is 0 Å². The van der Waals surface area contributed by atoms with Crippen molar-refractivity contribution in [2.75, 3.05) is 26.7 Å². The van der Waals surface area contributed by atoms with Crippen molar-refractivity contribution < 1.29 is 9.53 Å². The van der Waals surface area contributed by atoms with E-state index in [9.17, 15) is 4.79 Å². The van der Waals surface area contributed by atoms with Crippen LogP contribution in [0.2, 0.25) is 0 Å². The maximum absolute atomic E-state index is 11.6. The highest BCUT2D eigenvalue weighted by molar-refractivity contribution is 5.94. The number of methoxy groups -OCH3 is 1. The van der Waals surface area contributed by atoms with Gasteiger partial charge in [0.25, 0.3) is 0 Å². The summed E-state index contributed by atoms with van der Waals surface area (Å²) in [5, 5.41) is 3.51. The molecule has 0 aromatic heterocycles. The third-order valence-corrected chi connectivity index (χ3v) is 4.85. The zero-order valence-electron chi connectivity index (χ0n) is 12.9. The van der Waals surface area contributed by atoms with Crippen molar-refractivity contribution in [2.45, 2.75) is 32.4 Å². The first-order valence-corrected chi connectivity index (χ1v) is 7.81. The minimum atomic E-state index is 0.109. The molecule has 0 radical (unpaired) electrons. The lowest BCUT2D eigenvalue weighted by Crippen LogP contribution is -2.44. The fraction of sp³-hybridized carbons (Fsp3) is 0.588. The maximum atomic E-state index is 11.6. The lowest BCUT2D eigenvalue weighted by Gasteiger charge is -2.37. The van der Waals surface area contributed by atoms with Crippen molar-refractivity contribution in [1.82, 2.24) is 10.2 Å². The van der Waals surface area contributed by atoms with Crippen LogP contribution in [0.3, 0.4) is 0 Å². The summed E-state index contributed by atoms with van der Waals surface area (Å²) in [6.07, 6.45) is 2.59. The summed E-state index contributed by atoms with van der Waals surface area (Å²) in [5.41, 5.74) is 1.89. The van der Waals surface area contributed by atoms with Crippen molar-refractivity contribution in [3.63, 3.8) is 0 Å². The fourth-order valence-corrected chi connectivity index (χ4v) is 3.70. The Morgan fingerprint density at radius 3 is 3.05 bits per heavy atom. The molecule has 114 valence electrons. The second kappa shape index (κ2) is 6.16. The Bertz CT molecular complexity index is 530. The molecule has 1 aromatic carbocycles. The first kappa shape index (κ1) is 14.5. The van der Waals surface area contributed by atoms with Gasteiger partial charge in [0.15, 0.2) is 5.78 Å². The number of likely N-dealkylation sites (tertiary alicyclic amines) is 1. The lowest BCUT2D eigenvalue weighted by molar-refractivity contribution is 0.101. The Labute approximate surface area is 126 Å². The van der Waals surface area contributed by atoms with Gasteiger partial charge in [-0.1, -0.05) is 0 Å². The normalized spacial score (nSPS) is 25.6. The molecule has 2 saturated heterocycles. The molecular formula is C17H24N2O2. The smallest absolute Gasteiger partial charge is 0.159 e. The number of ketones is 1. The number of nitrogens with one attached hydrogen (secondary N) is 1. The lowest BCUT2D eigenvalue weighted by atomic mass is 9.91. The van der Waals surface area contributed by atoms with Crippen molar-refractivity contribution in [3.05, 3.63) is 29.3 Å². The number of rotatable bonds is 4. The number of benzene rings is 1. The van der Waals surface area contributed by atoms with E-state index in [1.165, 1.54) is 12.8 Å². The summed E-state index contributed by atoms with van der Waals surface area (Å²) in [7, 11) is 1.70. The SMILES string of the molecule is COc1ccc(C(C)=O)cc1CN1CCCC2CNCC21. The van der Waals surface area contributed by atoms with Crippen LogP contribution in [-0.4, -0.2) is 43.5 Å². The van der Waals surface area contributed by atoms with Crippen molar-refractivity contribution in [2.24, 2.45) is 5.92 Å². The Balaban J connectivity index is 1.82. The molecule has 3 rings (SSSR count). The first-order chi connectivity index (χ1) is 10.2. The molecular weight excluding hydrogens is 264 g/mol. The molecule has 0 spiro atoms. The fourth-order valence-electron chi connectivity index (χ4n) is 3.70. The highest BCUT2D eigenvalue weighted by Gasteiger charge is 2.35. The number of carbonyl (C=O) groups is 1. The van der Waals surface area contributed by atoms with Crippen LogP contribution in [0.25, 0.3) is 0 Å². The summed E-state index contributed by atoms with van der Waals surface area (Å²) in [5.74, 6) is 1.77. The Morgan fingerprint density at radius 2 is 2.29 bits per heavy atom. The van der Waals surface area contributed by atoms with E-state index in [1.807, 2.05) is 18.2 Å². The summed E-state index contributed by atoms with van der Waals surface area (Å²) in [4.78, 5) is 14.2. The van der Waals surface area contributed by atoms with Crippen LogP contribution in [0.5, 0.6) is 5.75 Å². The van der Waals surface area contributed by atoms with E-state index in [1.54, 1.807) is 14.0 Å². The van der Waals surface area contributed by atoms with Crippen molar-refractivity contribution in [3.8, 4) is 5.75 Å². The molecule has 4 heteroatoms. The zero-order chi connectivity index (χ0) is 14.8. The van der Waals surface area contributed by atoms with E-state index in [2.05, 4.69) is 10.2 Å².